The van der Waals surface area contributed by atoms with Crippen LogP contribution in [0.1, 0.15) is 10.4 Å². The number of oxazole rings is 1. The SMILES string of the molecule is O=Cc1cncc(-c2ncco2)c1. The molecule has 0 atom stereocenters. The molecule has 2 aromatic heterocycles. The summed E-state index contributed by atoms with van der Waals surface area (Å²) in [5.41, 5.74) is 1.21. The highest BCUT2D eigenvalue weighted by atomic mass is 16.3. The summed E-state index contributed by atoms with van der Waals surface area (Å²) < 4.78 is 5.05. The monoisotopic (exact) mass is 174 g/mol. The molecule has 0 spiro atoms. The van der Waals surface area contributed by atoms with Crippen LogP contribution < -0.4 is 0 Å². The normalized spacial score (nSPS) is 9.85. The predicted octanol–water partition coefficient (Wildman–Crippen LogP) is 1.55. The molecule has 2 rings (SSSR count). The van der Waals surface area contributed by atoms with E-state index in [0.29, 0.717) is 17.0 Å². The maximum atomic E-state index is 10.4. The molecular formula is C9H6N2O2. The summed E-state index contributed by atoms with van der Waals surface area (Å²) in [5.74, 6) is 0.469. The lowest BCUT2D eigenvalue weighted by Crippen LogP contribution is -1.84. The number of aldehydes is 1. The van der Waals surface area contributed by atoms with Gasteiger partial charge in [0.2, 0.25) is 5.89 Å². The zero-order chi connectivity index (χ0) is 9.10. The average molecular weight is 174 g/mol. The number of rotatable bonds is 2. The average Bonchev–Trinajstić information content (AvgIpc) is 2.71. The Morgan fingerprint density at radius 3 is 3.00 bits per heavy atom. The zero-order valence-electron chi connectivity index (χ0n) is 6.68. The van der Waals surface area contributed by atoms with Crippen molar-refractivity contribution < 1.29 is 9.21 Å². The molecule has 0 amide bonds. The van der Waals surface area contributed by atoms with Crippen molar-refractivity contribution in [2.24, 2.45) is 0 Å². The molecule has 4 nitrogen and oxygen atoms in total. The first-order valence-electron chi connectivity index (χ1n) is 3.70. The van der Waals surface area contributed by atoms with Crippen molar-refractivity contribution in [2.45, 2.75) is 0 Å². The van der Waals surface area contributed by atoms with Crippen molar-refractivity contribution in [3.63, 3.8) is 0 Å². The summed E-state index contributed by atoms with van der Waals surface area (Å²) in [4.78, 5) is 18.3. The Hall–Kier alpha value is -1.97. The third-order valence-electron chi connectivity index (χ3n) is 1.57. The maximum Gasteiger partial charge on any atom is 0.227 e. The number of nitrogens with zero attached hydrogens (tertiary/aromatic N) is 2. The Morgan fingerprint density at radius 2 is 2.31 bits per heavy atom. The van der Waals surface area contributed by atoms with Crippen LogP contribution in [-0.4, -0.2) is 16.3 Å². The van der Waals surface area contributed by atoms with Crippen molar-refractivity contribution >= 4 is 6.29 Å². The second-order valence-corrected chi connectivity index (χ2v) is 2.46. The molecule has 4 heteroatoms. The molecule has 0 N–H and O–H groups in total. The Kier molecular flexibility index (Phi) is 1.88. The highest BCUT2D eigenvalue weighted by Gasteiger charge is 2.02. The maximum absolute atomic E-state index is 10.4. The molecule has 0 bridgehead atoms. The Balaban J connectivity index is 2.47. The predicted molar refractivity (Wildman–Crippen MR) is 45.1 cm³/mol. The second kappa shape index (κ2) is 3.18. The zero-order valence-corrected chi connectivity index (χ0v) is 6.68. The van der Waals surface area contributed by atoms with Crippen molar-refractivity contribution in [2.75, 3.05) is 0 Å². The van der Waals surface area contributed by atoms with Gasteiger partial charge < -0.3 is 4.42 Å². The summed E-state index contributed by atoms with van der Waals surface area (Å²) in [5, 5.41) is 0. The molecule has 0 aromatic carbocycles. The fourth-order valence-corrected chi connectivity index (χ4v) is 1.01. The van der Waals surface area contributed by atoms with Gasteiger partial charge in [-0.05, 0) is 6.07 Å². The largest absolute Gasteiger partial charge is 0.444 e. The minimum Gasteiger partial charge on any atom is -0.444 e. The summed E-state index contributed by atoms with van der Waals surface area (Å²) in [7, 11) is 0. The number of carbonyl (C=O) groups excluding carboxylic acids is 1. The number of hydrogen-bond donors (Lipinski definition) is 0. The van der Waals surface area contributed by atoms with Gasteiger partial charge in [0.15, 0.2) is 6.29 Å². The van der Waals surface area contributed by atoms with E-state index in [0.717, 1.165) is 6.29 Å². The number of pyridine rings is 1. The topological polar surface area (TPSA) is 56.0 Å². The van der Waals surface area contributed by atoms with Gasteiger partial charge in [-0.2, -0.15) is 0 Å². The third kappa shape index (κ3) is 1.46. The van der Waals surface area contributed by atoms with Crippen molar-refractivity contribution in [1.82, 2.24) is 9.97 Å². The molecule has 0 aliphatic rings. The van der Waals surface area contributed by atoms with E-state index < -0.39 is 0 Å². The van der Waals surface area contributed by atoms with E-state index >= 15 is 0 Å². The van der Waals surface area contributed by atoms with Gasteiger partial charge in [-0.15, -0.1) is 0 Å². The van der Waals surface area contributed by atoms with Crippen LogP contribution in [0, 0.1) is 0 Å². The van der Waals surface area contributed by atoms with Crippen molar-refractivity contribution in [3.05, 3.63) is 36.5 Å². The highest BCUT2D eigenvalue weighted by molar-refractivity contribution is 5.76. The van der Waals surface area contributed by atoms with E-state index in [9.17, 15) is 4.79 Å². The first kappa shape index (κ1) is 7.67. The van der Waals surface area contributed by atoms with Crippen LogP contribution >= 0.6 is 0 Å². The van der Waals surface area contributed by atoms with Gasteiger partial charge in [0, 0.05) is 18.0 Å². The van der Waals surface area contributed by atoms with E-state index in [2.05, 4.69) is 9.97 Å². The van der Waals surface area contributed by atoms with Gasteiger partial charge in [-0.1, -0.05) is 0 Å². The fraction of sp³-hybridized carbons (Fsp3) is 0. The quantitative estimate of drug-likeness (QED) is 0.648. The minimum atomic E-state index is 0.469. The molecule has 2 aromatic rings. The van der Waals surface area contributed by atoms with E-state index in [-0.39, 0.29) is 0 Å². The molecule has 0 unspecified atom stereocenters. The summed E-state index contributed by atoms with van der Waals surface area (Å²) in [6.45, 7) is 0. The molecule has 0 aliphatic carbocycles. The van der Waals surface area contributed by atoms with E-state index in [1.807, 2.05) is 0 Å². The molecule has 64 valence electrons. The van der Waals surface area contributed by atoms with Crippen molar-refractivity contribution in [1.29, 1.82) is 0 Å². The van der Waals surface area contributed by atoms with Crippen LogP contribution in [0.2, 0.25) is 0 Å². The molecule has 0 aliphatic heterocycles. The van der Waals surface area contributed by atoms with Crippen molar-refractivity contribution in [3.8, 4) is 11.5 Å². The molecule has 0 saturated carbocycles. The molecular weight excluding hydrogens is 168 g/mol. The first-order valence-corrected chi connectivity index (χ1v) is 3.70. The third-order valence-corrected chi connectivity index (χ3v) is 1.57. The van der Waals surface area contributed by atoms with Crippen LogP contribution in [-0.2, 0) is 0 Å². The Labute approximate surface area is 74.2 Å². The van der Waals surface area contributed by atoms with Gasteiger partial charge >= 0.3 is 0 Å². The molecule has 2 heterocycles. The summed E-state index contributed by atoms with van der Waals surface area (Å²) in [6.07, 6.45) is 6.84. The van der Waals surface area contributed by atoms with Crippen LogP contribution in [0.3, 0.4) is 0 Å². The lowest BCUT2D eigenvalue weighted by molar-refractivity contribution is 0.112. The lowest BCUT2D eigenvalue weighted by atomic mass is 10.2. The van der Waals surface area contributed by atoms with Crippen LogP contribution in [0.5, 0.6) is 0 Å². The Morgan fingerprint density at radius 1 is 1.38 bits per heavy atom. The smallest absolute Gasteiger partial charge is 0.227 e. The molecule has 0 fully saturated rings. The fourth-order valence-electron chi connectivity index (χ4n) is 1.01. The van der Waals surface area contributed by atoms with Gasteiger partial charge in [0.05, 0.1) is 11.8 Å². The summed E-state index contributed by atoms with van der Waals surface area (Å²) >= 11 is 0. The first-order chi connectivity index (χ1) is 6.40. The summed E-state index contributed by atoms with van der Waals surface area (Å²) in [6, 6.07) is 1.67. The number of carbonyl (C=O) groups is 1. The van der Waals surface area contributed by atoms with Crippen LogP contribution in [0.4, 0.5) is 0 Å². The standard InChI is InChI=1S/C9H6N2O2/c12-6-7-3-8(5-10-4-7)9-11-1-2-13-9/h1-6H. The Bertz CT molecular complexity index is 409. The lowest BCUT2D eigenvalue weighted by Gasteiger charge is -1.94. The van der Waals surface area contributed by atoms with Gasteiger partial charge in [0.25, 0.3) is 0 Å². The van der Waals surface area contributed by atoms with E-state index in [1.54, 1.807) is 18.5 Å². The van der Waals surface area contributed by atoms with E-state index in [1.165, 1.54) is 12.5 Å². The van der Waals surface area contributed by atoms with Crippen LogP contribution in [0.25, 0.3) is 11.5 Å². The second-order valence-electron chi connectivity index (χ2n) is 2.46. The van der Waals surface area contributed by atoms with E-state index in [4.69, 9.17) is 4.42 Å². The van der Waals surface area contributed by atoms with Gasteiger partial charge in [-0.25, -0.2) is 4.98 Å². The molecule has 0 radical (unpaired) electrons. The number of hydrogen-bond acceptors (Lipinski definition) is 4. The highest BCUT2D eigenvalue weighted by Crippen LogP contribution is 2.15. The van der Waals surface area contributed by atoms with Crippen LogP contribution in [0.15, 0.2) is 35.3 Å². The minimum absolute atomic E-state index is 0.469. The number of aromatic nitrogens is 2. The van der Waals surface area contributed by atoms with Gasteiger partial charge in [-0.3, -0.25) is 9.78 Å². The molecule has 0 saturated heterocycles. The molecule has 13 heavy (non-hydrogen) atoms. The van der Waals surface area contributed by atoms with Gasteiger partial charge in [0.1, 0.15) is 6.26 Å².